The topological polar surface area (TPSA) is 75.1 Å². The van der Waals surface area contributed by atoms with Crippen molar-refractivity contribution in [2.75, 3.05) is 11.9 Å². The number of rotatable bonds is 6. The van der Waals surface area contributed by atoms with Crippen LogP contribution in [-0.2, 0) is 11.2 Å². The molecule has 1 heterocycles. The van der Waals surface area contributed by atoms with Gasteiger partial charge in [0.05, 0.1) is 0 Å². The van der Waals surface area contributed by atoms with E-state index >= 15 is 0 Å². The Kier molecular flexibility index (Phi) is 4.48. The van der Waals surface area contributed by atoms with Crippen LogP contribution in [-0.4, -0.2) is 27.0 Å². The van der Waals surface area contributed by atoms with E-state index in [4.69, 9.17) is 5.11 Å². The van der Waals surface area contributed by atoms with Gasteiger partial charge in [-0.15, -0.1) is 0 Å². The second kappa shape index (κ2) is 5.65. The Balaban J connectivity index is 2.33. The zero-order valence-electron chi connectivity index (χ0n) is 8.86. The van der Waals surface area contributed by atoms with Gasteiger partial charge in [0.2, 0.25) is 5.13 Å². The molecule has 1 aromatic rings. The summed E-state index contributed by atoms with van der Waals surface area (Å²) in [4.78, 5) is 14.6. The quantitative estimate of drug-likeness (QED) is 0.775. The molecular weight excluding hydrogens is 214 g/mol. The third kappa shape index (κ3) is 4.24. The molecule has 1 aromatic heterocycles. The van der Waals surface area contributed by atoms with E-state index in [0.29, 0.717) is 6.54 Å². The zero-order valence-corrected chi connectivity index (χ0v) is 9.67. The van der Waals surface area contributed by atoms with Gasteiger partial charge in [-0.1, -0.05) is 13.8 Å². The second-order valence-corrected chi connectivity index (χ2v) is 4.21. The monoisotopic (exact) mass is 229 g/mol. The Morgan fingerprint density at radius 3 is 2.93 bits per heavy atom. The highest BCUT2D eigenvalue weighted by Gasteiger charge is 2.08. The van der Waals surface area contributed by atoms with Crippen molar-refractivity contribution >= 4 is 22.6 Å². The number of aromatic nitrogens is 2. The van der Waals surface area contributed by atoms with Crippen LogP contribution in [0.25, 0.3) is 0 Å². The largest absolute Gasteiger partial charge is 0.481 e. The molecule has 0 aromatic carbocycles. The van der Waals surface area contributed by atoms with E-state index in [9.17, 15) is 4.79 Å². The summed E-state index contributed by atoms with van der Waals surface area (Å²) in [6, 6.07) is 0. The van der Waals surface area contributed by atoms with Gasteiger partial charge in [0.15, 0.2) is 0 Å². The molecule has 0 aliphatic carbocycles. The Hall–Kier alpha value is -1.17. The molecule has 0 bridgehead atoms. The minimum atomic E-state index is -0.768. The van der Waals surface area contributed by atoms with E-state index < -0.39 is 5.97 Å². The Labute approximate surface area is 92.7 Å². The summed E-state index contributed by atoms with van der Waals surface area (Å²) in [6.07, 6.45) is 0.995. The third-order valence-electron chi connectivity index (χ3n) is 1.91. The van der Waals surface area contributed by atoms with Gasteiger partial charge in [0.1, 0.15) is 5.82 Å². The van der Waals surface area contributed by atoms with Gasteiger partial charge in [-0.3, -0.25) is 4.79 Å². The molecule has 0 saturated heterocycles. The molecule has 0 amide bonds. The molecule has 0 fully saturated rings. The van der Waals surface area contributed by atoms with Gasteiger partial charge in [-0.05, 0) is 5.92 Å². The number of carboxylic acids is 1. The van der Waals surface area contributed by atoms with Crippen LogP contribution in [0.3, 0.4) is 0 Å². The Morgan fingerprint density at radius 2 is 2.40 bits per heavy atom. The van der Waals surface area contributed by atoms with Gasteiger partial charge in [0, 0.05) is 30.9 Å². The van der Waals surface area contributed by atoms with Crippen LogP contribution in [0.4, 0.5) is 5.13 Å². The molecular formula is C9H15N3O2S. The molecule has 0 saturated carbocycles. The average Bonchev–Trinajstić information content (AvgIpc) is 2.61. The summed E-state index contributed by atoms with van der Waals surface area (Å²) in [6.45, 7) is 4.51. The summed E-state index contributed by atoms with van der Waals surface area (Å²) in [5.41, 5.74) is 0. The van der Waals surface area contributed by atoms with Crippen LogP contribution in [0.1, 0.15) is 26.1 Å². The first-order valence-corrected chi connectivity index (χ1v) is 5.67. The molecule has 0 radical (unpaired) electrons. The number of hydrogen-bond donors (Lipinski definition) is 2. The van der Waals surface area contributed by atoms with E-state index in [2.05, 4.69) is 14.7 Å². The SMILES string of the molecule is CCc1nsc(NCC(C)CC(=O)O)n1. The number of aliphatic carboxylic acids is 1. The molecule has 15 heavy (non-hydrogen) atoms. The summed E-state index contributed by atoms with van der Waals surface area (Å²) in [5, 5.41) is 12.4. The summed E-state index contributed by atoms with van der Waals surface area (Å²) in [7, 11) is 0. The van der Waals surface area contributed by atoms with Gasteiger partial charge in [0.25, 0.3) is 0 Å². The number of carboxylic acid groups (broad SMARTS) is 1. The first kappa shape index (κ1) is 11.9. The van der Waals surface area contributed by atoms with Gasteiger partial charge in [-0.25, -0.2) is 4.98 Å². The van der Waals surface area contributed by atoms with E-state index in [1.54, 1.807) is 0 Å². The lowest BCUT2D eigenvalue weighted by Crippen LogP contribution is -2.14. The molecule has 5 nitrogen and oxygen atoms in total. The Bertz CT molecular complexity index is 327. The summed E-state index contributed by atoms with van der Waals surface area (Å²) < 4.78 is 4.13. The van der Waals surface area contributed by atoms with Crippen molar-refractivity contribution in [1.82, 2.24) is 9.36 Å². The van der Waals surface area contributed by atoms with E-state index in [-0.39, 0.29) is 12.3 Å². The van der Waals surface area contributed by atoms with Crippen molar-refractivity contribution in [3.8, 4) is 0 Å². The van der Waals surface area contributed by atoms with Crippen LogP contribution < -0.4 is 5.32 Å². The second-order valence-electron chi connectivity index (χ2n) is 3.45. The lowest BCUT2D eigenvalue weighted by molar-refractivity contribution is -0.137. The van der Waals surface area contributed by atoms with Crippen molar-refractivity contribution in [2.45, 2.75) is 26.7 Å². The number of nitrogens with zero attached hydrogens (tertiary/aromatic N) is 2. The number of nitrogens with one attached hydrogen (secondary N) is 1. The van der Waals surface area contributed by atoms with Gasteiger partial charge < -0.3 is 10.4 Å². The molecule has 0 spiro atoms. The maximum absolute atomic E-state index is 10.4. The van der Waals surface area contributed by atoms with Crippen LogP contribution >= 0.6 is 11.5 Å². The van der Waals surface area contributed by atoms with Crippen LogP contribution in [0.5, 0.6) is 0 Å². The minimum absolute atomic E-state index is 0.0940. The van der Waals surface area contributed by atoms with Crippen molar-refractivity contribution in [2.24, 2.45) is 5.92 Å². The van der Waals surface area contributed by atoms with Crippen molar-refractivity contribution in [3.63, 3.8) is 0 Å². The van der Waals surface area contributed by atoms with Crippen LogP contribution in [0, 0.1) is 5.92 Å². The predicted octanol–water partition coefficient (Wildman–Crippen LogP) is 1.62. The number of carbonyl (C=O) groups is 1. The number of aryl methyl sites for hydroxylation is 1. The van der Waals surface area contributed by atoms with Crippen molar-refractivity contribution < 1.29 is 9.90 Å². The predicted molar refractivity (Wildman–Crippen MR) is 59.2 cm³/mol. The smallest absolute Gasteiger partial charge is 0.303 e. The highest BCUT2D eigenvalue weighted by atomic mass is 32.1. The average molecular weight is 229 g/mol. The van der Waals surface area contributed by atoms with E-state index in [1.807, 2.05) is 13.8 Å². The maximum atomic E-state index is 10.4. The first-order chi connectivity index (χ1) is 7.11. The minimum Gasteiger partial charge on any atom is -0.481 e. The van der Waals surface area contributed by atoms with Gasteiger partial charge >= 0.3 is 5.97 Å². The van der Waals surface area contributed by atoms with Crippen molar-refractivity contribution in [1.29, 1.82) is 0 Å². The summed E-state index contributed by atoms with van der Waals surface area (Å²) >= 11 is 1.32. The molecule has 1 unspecified atom stereocenters. The normalized spacial score (nSPS) is 12.4. The highest BCUT2D eigenvalue weighted by molar-refractivity contribution is 7.09. The first-order valence-electron chi connectivity index (χ1n) is 4.90. The van der Waals surface area contributed by atoms with E-state index in [1.165, 1.54) is 11.5 Å². The fourth-order valence-corrected chi connectivity index (χ4v) is 1.76. The lowest BCUT2D eigenvalue weighted by Gasteiger charge is -2.08. The fourth-order valence-electron chi connectivity index (χ4n) is 1.10. The molecule has 1 atom stereocenters. The van der Waals surface area contributed by atoms with Crippen LogP contribution in [0.15, 0.2) is 0 Å². The molecule has 6 heteroatoms. The fraction of sp³-hybridized carbons (Fsp3) is 0.667. The highest BCUT2D eigenvalue weighted by Crippen LogP contribution is 2.12. The molecule has 84 valence electrons. The number of anilines is 1. The van der Waals surface area contributed by atoms with Gasteiger partial charge in [-0.2, -0.15) is 4.37 Å². The lowest BCUT2D eigenvalue weighted by atomic mass is 10.1. The molecule has 2 N–H and O–H groups in total. The van der Waals surface area contributed by atoms with Crippen LogP contribution in [0.2, 0.25) is 0 Å². The summed E-state index contributed by atoms with van der Waals surface area (Å²) in [5.74, 6) is 0.153. The Morgan fingerprint density at radius 1 is 1.67 bits per heavy atom. The standard InChI is InChI=1S/C9H15N3O2S/c1-3-7-11-9(15-12-7)10-5-6(2)4-8(13)14/h6H,3-5H2,1-2H3,(H,13,14)(H,10,11,12). The zero-order chi connectivity index (χ0) is 11.3. The molecule has 0 aliphatic heterocycles. The third-order valence-corrected chi connectivity index (χ3v) is 2.62. The molecule has 0 aliphatic rings. The van der Waals surface area contributed by atoms with E-state index in [0.717, 1.165) is 17.4 Å². The molecule has 1 rings (SSSR count). The maximum Gasteiger partial charge on any atom is 0.303 e. The number of hydrogen-bond acceptors (Lipinski definition) is 5. The van der Waals surface area contributed by atoms with Crippen molar-refractivity contribution in [3.05, 3.63) is 5.82 Å².